The Kier molecular flexibility index (Phi) is 5.69. The summed E-state index contributed by atoms with van der Waals surface area (Å²) >= 11 is 0. The van der Waals surface area contributed by atoms with Crippen LogP contribution in [0.5, 0.6) is 0 Å². The molecule has 1 N–H and O–H groups in total. The third-order valence-electron chi connectivity index (χ3n) is 6.19. The van der Waals surface area contributed by atoms with Gasteiger partial charge in [-0.1, -0.05) is 43.3 Å². The summed E-state index contributed by atoms with van der Waals surface area (Å²) in [5, 5.41) is 8.65. The summed E-state index contributed by atoms with van der Waals surface area (Å²) < 4.78 is 29.1. The van der Waals surface area contributed by atoms with E-state index < -0.39 is 17.2 Å². The molecule has 5 rings (SSSR count). The minimum absolute atomic E-state index is 0.00814. The first-order valence-corrected chi connectivity index (χ1v) is 11.3. The molecule has 0 aliphatic heterocycles. The third kappa shape index (κ3) is 4.09. The second-order valence-electron chi connectivity index (χ2n) is 8.57. The number of carbonyl (C=O) groups excluding carboxylic acids is 1. The molecule has 1 aliphatic rings. The van der Waals surface area contributed by atoms with E-state index in [4.69, 9.17) is 0 Å². The average molecular weight is 459 g/mol. The lowest BCUT2D eigenvalue weighted by atomic mass is 9.97. The van der Waals surface area contributed by atoms with Gasteiger partial charge in [0.1, 0.15) is 11.5 Å². The van der Waals surface area contributed by atoms with Crippen molar-refractivity contribution in [3.8, 4) is 16.9 Å². The van der Waals surface area contributed by atoms with Gasteiger partial charge in [-0.3, -0.25) is 9.59 Å². The van der Waals surface area contributed by atoms with E-state index in [9.17, 15) is 18.4 Å². The normalized spacial score (nSPS) is 14.2. The lowest BCUT2D eigenvalue weighted by Gasteiger charge is -2.19. The number of carbonyl (C=O) groups is 1. The van der Waals surface area contributed by atoms with Crippen LogP contribution in [0, 0.1) is 17.6 Å². The third-order valence-corrected chi connectivity index (χ3v) is 6.19. The molecular weight excluding hydrogens is 436 g/mol. The summed E-state index contributed by atoms with van der Waals surface area (Å²) in [4.78, 5) is 25.3. The molecule has 1 fully saturated rings. The second-order valence-corrected chi connectivity index (χ2v) is 8.57. The van der Waals surface area contributed by atoms with Gasteiger partial charge >= 0.3 is 0 Å². The molecule has 4 aromatic rings. The summed E-state index contributed by atoms with van der Waals surface area (Å²) in [5.74, 6) is -1.23. The first-order valence-electron chi connectivity index (χ1n) is 11.3. The van der Waals surface area contributed by atoms with Gasteiger partial charge in [0.15, 0.2) is 5.82 Å². The Morgan fingerprint density at radius 1 is 1.06 bits per heavy atom. The van der Waals surface area contributed by atoms with Gasteiger partial charge in [0.2, 0.25) is 5.91 Å². The Bertz CT molecular complexity index is 1460. The summed E-state index contributed by atoms with van der Waals surface area (Å²) in [6.45, 7) is 1.82. The van der Waals surface area contributed by atoms with Crippen LogP contribution in [0.15, 0.2) is 71.5 Å². The predicted molar refractivity (Wildman–Crippen MR) is 127 cm³/mol. The van der Waals surface area contributed by atoms with Crippen molar-refractivity contribution in [1.29, 1.82) is 0 Å². The van der Waals surface area contributed by atoms with E-state index in [-0.39, 0.29) is 17.6 Å². The van der Waals surface area contributed by atoms with Crippen molar-refractivity contribution in [2.45, 2.75) is 32.2 Å². The zero-order valence-corrected chi connectivity index (χ0v) is 18.6. The second kappa shape index (κ2) is 8.82. The molecule has 1 amide bonds. The quantitative estimate of drug-likeness (QED) is 0.425. The highest BCUT2D eigenvalue weighted by molar-refractivity contribution is 5.94. The summed E-state index contributed by atoms with van der Waals surface area (Å²) in [6.07, 6.45) is 2.51. The summed E-state index contributed by atoms with van der Waals surface area (Å²) in [6, 6.07) is 17.6. The predicted octanol–water partition coefficient (Wildman–Crippen LogP) is 5.31. The lowest BCUT2D eigenvalue weighted by molar-refractivity contribution is -0.121. The van der Waals surface area contributed by atoms with E-state index in [1.165, 1.54) is 6.07 Å². The molecule has 1 atom stereocenters. The van der Waals surface area contributed by atoms with Gasteiger partial charge in [0.05, 0.1) is 17.1 Å². The first kappa shape index (κ1) is 21.9. The number of benzene rings is 3. The molecule has 5 nitrogen and oxygen atoms in total. The largest absolute Gasteiger partial charge is 0.349 e. The van der Waals surface area contributed by atoms with Crippen LogP contribution in [0.1, 0.15) is 37.8 Å². The lowest BCUT2D eigenvalue weighted by Crippen LogP contribution is -2.29. The van der Waals surface area contributed by atoms with Crippen LogP contribution in [-0.2, 0) is 4.79 Å². The Morgan fingerprint density at radius 3 is 2.53 bits per heavy atom. The van der Waals surface area contributed by atoms with Crippen molar-refractivity contribution < 1.29 is 13.6 Å². The molecule has 1 saturated carbocycles. The molecule has 0 spiro atoms. The number of hydrogen-bond acceptors (Lipinski definition) is 3. The van der Waals surface area contributed by atoms with Gasteiger partial charge in [-0.05, 0) is 48.6 Å². The summed E-state index contributed by atoms with van der Waals surface area (Å²) in [7, 11) is 0. The van der Waals surface area contributed by atoms with E-state index in [0.29, 0.717) is 28.8 Å². The van der Waals surface area contributed by atoms with Crippen molar-refractivity contribution in [2.75, 3.05) is 0 Å². The van der Waals surface area contributed by atoms with Crippen LogP contribution in [0.3, 0.4) is 0 Å². The van der Waals surface area contributed by atoms with Gasteiger partial charge < -0.3 is 5.32 Å². The number of halogens is 2. The highest BCUT2D eigenvalue weighted by atomic mass is 19.1. The number of aromatic nitrogens is 2. The molecule has 1 aromatic heterocycles. The Morgan fingerprint density at radius 2 is 1.82 bits per heavy atom. The molecule has 1 aliphatic carbocycles. The topological polar surface area (TPSA) is 64.0 Å². The van der Waals surface area contributed by atoms with Crippen LogP contribution in [0.2, 0.25) is 0 Å². The number of rotatable bonds is 6. The highest BCUT2D eigenvalue weighted by Gasteiger charge is 2.33. The smallest absolute Gasteiger partial charge is 0.279 e. The molecule has 0 saturated heterocycles. The van der Waals surface area contributed by atoms with E-state index in [1.807, 2.05) is 37.3 Å². The Labute approximate surface area is 195 Å². The Balaban J connectivity index is 1.69. The Hall–Kier alpha value is -3.87. The van der Waals surface area contributed by atoms with Crippen LogP contribution in [-0.4, -0.2) is 15.7 Å². The van der Waals surface area contributed by atoms with Crippen molar-refractivity contribution in [3.05, 3.63) is 94.3 Å². The van der Waals surface area contributed by atoms with E-state index in [0.717, 1.165) is 40.8 Å². The molecule has 0 bridgehead atoms. The molecule has 1 unspecified atom stereocenters. The molecule has 3 aromatic carbocycles. The maximum Gasteiger partial charge on any atom is 0.279 e. The number of nitrogens with one attached hydrogen (secondary N) is 1. The van der Waals surface area contributed by atoms with E-state index in [2.05, 4.69) is 10.4 Å². The fourth-order valence-corrected chi connectivity index (χ4v) is 4.28. The highest BCUT2D eigenvalue weighted by Crippen LogP contribution is 2.42. The van der Waals surface area contributed by atoms with Crippen molar-refractivity contribution >= 4 is 16.7 Å². The molecule has 7 heteroatoms. The number of hydrogen-bond donors (Lipinski definition) is 1. The molecule has 172 valence electrons. The molecule has 34 heavy (non-hydrogen) atoms. The van der Waals surface area contributed by atoms with Gasteiger partial charge in [-0.15, -0.1) is 0 Å². The number of fused-ring (bicyclic) bond motifs is 1. The average Bonchev–Trinajstić information content (AvgIpc) is 3.69. The van der Waals surface area contributed by atoms with Gasteiger partial charge in [-0.2, -0.15) is 9.78 Å². The number of amides is 1. The number of nitrogens with zero attached hydrogens (tertiary/aromatic N) is 2. The van der Waals surface area contributed by atoms with E-state index in [1.54, 1.807) is 18.2 Å². The van der Waals surface area contributed by atoms with Crippen LogP contribution in [0.25, 0.3) is 27.7 Å². The van der Waals surface area contributed by atoms with E-state index >= 15 is 0 Å². The fraction of sp³-hybridized carbons (Fsp3) is 0.222. The molecule has 0 radical (unpaired) electrons. The van der Waals surface area contributed by atoms with Crippen molar-refractivity contribution in [1.82, 2.24) is 15.1 Å². The maximum absolute atomic E-state index is 14.6. The SMILES string of the molecule is CCC(=O)NC(c1cccc(-c2nn(-c3ccc(F)cc3F)c(=O)c3ccccc23)c1)C1CC1. The van der Waals surface area contributed by atoms with Crippen molar-refractivity contribution in [3.63, 3.8) is 0 Å². The minimum atomic E-state index is -0.874. The minimum Gasteiger partial charge on any atom is -0.349 e. The van der Waals surface area contributed by atoms with Crippen LogP contribution >= 0.6 is 0 Å². The monoisotopic (exact) mass is 459 g/mol. The van der Waals surface area contributed by atoms with Crippen LogP contribution in [0.4, 0.5) is 8.78 Å². The fourth-order valence-electron chi connectivity index (χ4n) is 4.28. The van der Waals surface area contributed by atoms with Gasteiger partial charge in [0.25, 0.3) is 5.56 Å². The maximum atomic E-state index is 14.6. The van der Waals surface area contributed by atoms with Crippen molar-refractivity contribution in [2.24, 2.45) is 5.92 Å². The van der Waals surface area contributed by atoms with Gasteiger partial charge in [-0.25, -0.2) is 8.78 Å². The zero-order chi connectivity index (χ0) is 23.8. The summed E-state index contributed by atoms with van der Waals surface area (Å²) in [5.41, 5.74) is 1.57. The molecular formula is C27H23F2N3O2. The van der Waals surface area contributed by atoms with Crippen LogP contribution < -0.4 is 10.9 Å². The molecule has 1 heterocycles. The first-order chi connectivity index (χ1) is 16.5. The zero-order valence-electron chi connectivity index (χ0n) is 18.6. The standard InChI is InChI=1S/C27H23F2N3O2/c1-2-24(33)30-25(16-10-11-16)17-6-5-7-18(14-17)26-20-8-3-4-9-21(20)27(34)32(31-26)23-13-12-19(28)15-22(23)29/h3-9,12-16,25H,2,10-11H2,1H3,(H,30,33). The van der Waals surface area contributed by atoms with Gasteiger partial charge in [0, 0.05) is 23.4 Å².